The van der Waals surface area contributed by atoms with Crippen molar-refractivity contribution in [2.75, 3.05) is 0 Å². The van der Waals surface area contributed by atoms with Crippen molar-refractivity contribution in [3.63, 3.8) is 0 Å². The second-order valence-electron chi connectivity index (χ2n) is 4.83. The van der Waals surface area contributed by atoms with Crippen LogP contribution in [0.5, 0.6) is 0 Å². The van der Waals surface area contributed by atoms with Gasteiger partial charge in [0.2, 0.25) is 0 Å². The molecule has 2 nitrogen and oxygen atoms in total. The number of aliphatic imine (C=N–C) groups is 1. The van der Waals surface area contributed by atoms with E-state index in [-0.39, 0.29) is 5.54 Å². The van der Waals surface area contributed by atoms with Crippen LogP contribution < -0.4 is 5.32 Å². The Hall–Kier alpha value is -1.05. The Morgan fingerprint density at radius 2 is 2.21 bits per heavy atom. The van der Waals surface area contributed by atoms with Crippen LogP contribution in [0.25, 0.3) is 0 Å². The lowest BCUT2D eigenvalue weighted by molar-refractivity contribution is 0.519. The summed E-state index contributed by atoms with van der Waals surface area (Å²) in [5.41, 5.74) is 2.56. The third kappa shape index (κ3) is 1.49. The maximum atomic E-state index is 4.55. The lowest BCUT2D eigenvalue weighted by Crippen LogP contribution is -2.47. The van der Waals surface area contributed by atoms with Crippen molar-refractivity contribution in [2.24, 2.45) is 10.9 Å². The molecule has 1 aliphatic carbocycles. The molecule has 0 spiro atoms. The lowest BCUT2D eigenvalue weighted by Gasteiger charge is -2.36. The fourth-order valence-electron chi connectivity index (χ4n) is 2.24. The minimum Gasteiger partial charge on any atom is -0.365 e. The molecule has 1 aliphatic heterocycles. The number of nitrogens with zero attached hydrogens (tertiary/aromatic N) is 1. The average Bonchev–Trinajstić information content (AvgIpc) is 2.00. The Kier molecular flexibility index (Phi) is 2.02. The van der Waals surface area contributed by atoms with Crippen LogP contribution in [0.3, 0.4) is 0 Å². The van der Waals surface area contributed by atoms with Gasteiger partial charge in [0.1, 0.15) is 0 Å². The lowest BCUT2D eigenvalue weighted by atomic mass is 9.83. The summed E-state index contributed by atoms with van der Waals surface area (Å²) in [6.07, 6.45) is 5.74. The van der Waals surface area contributed by atoms with Gasteiger partial charge in [-0.2, -0.15) is 0 Å². The molecule has 1 heterocycles. The van der Waals surface area contributed by atoms with Crippen LogP contribution in [0.4, 0.5) is 0 Å². The molecule has 76 valence electrons. The number of allylic oxidation sites excluding steroid dienone is 2. The molecule has 0 amide bonds. The van der Waals surface area contributed by atoms with Gasteiger partial charge in [-0.25, -0.2) is 4.99 Å². The van der Waals surface area contributed by atoms with Crippen LogP contribution in [-0.2, 0) is 0 Å². The zero-order valence-corrected chi connectivity index (χ0v) is 9.39. The van der Waals surface area contributed by atoms with Gasteiger partial charge in [-0.15, -0.1) is 0 Å². The summed E-state index contributed by atoms with van der Waals surface area (Å²) in [5.74, 6) is 1.65. The summed E-state index contributed by atoms with van der Waals surface area (Å²) in [4.78, 5) is 4.55. The molecular weight excluding hydrogens is 172 g/mol. The minimum absolute atomic E-state index is 0.0395. The molecule has 2 aliphatic rings. The standard InChI is InChI=1S/C12H18N2/c1-8-5-6-10-11(7-8)13-9(2)14-12(10,3)4/h6-8H,5H2,1-4H3,(H,13,14)/t8-/m1/s1. The highest BCUT2D eigenvalue weighted by Gasteiger charge is 2.31. The van der Waals surface area contributed by atoms with Gasteiger partial charge in [-0.1, -0.05) is 19.1 Å². The molecule has 1 atom stereocenters. The molecule has 1 N–H and O–H groups in total. The summed E-state index contributed by atoms with van der Waals surface area (Å²) in [5, 5.41) is 3.41. The first-order valence-corrected chi connectivity index (χ1v) is 5.25. The second-order valence-corrected chi connectivity index (χ2v) is 4.83. The number of amidine groups is 1. The molecule has 0 saturated heterocycles. The average molecular weight is 190 g/mol. The maximum absolute atomic E-state index is 4.55. The molecular formula is C12H18N2. The number of hydrogen-bond donors (Lipinski definition) is 1. The number of rotatable bonds is 0. The van der Waals surface area contributed by atoms with E-state index in [0.29, 0.717) is 5.92 Å². The fourth-order valence-corrected chi connectivity index (χ4v) is 2.24. The first-order chi connectivity index (χ1) is 6.49. The topological polar surface area (TPSA) is 24.4 Å². The first-order valence-electron chi connectivity index (χ1n) is 5.25. The van der Waals surface area contributed by atoms with Gasteiger partial charge in [-0.05, 0) is 38.7 Å². The van der Waals surface area contributed by atoms with Gasteiger partial charge in [0.25, 0.3) is 0 Å². The Labute approximate surface area is 85.8 Å². The van der Waals surface area contributed by atoms with E-state index in [9.17, 15) is 0 Å². The molecule has 2 rings (SSSR count). The smallest absolute Gasteiger partial charge is 0.0997 e. The molecule has 0 aromatic rings. The van der Waals surface area contributed by atoms with Crippen molar-refractivity contribution in [3.05, 3.63) is 23.4 Å². The predicted molar refractivity (Wildman–Crippen MR) is 60.3 cm³/mol. The maximum Gasteiger partial charge on any atom is 0.0997 e. The van der Waals surface area contributed by atoms with Crippen molar-refractivity contribution >= 4 is 5.84 Å². The van der Waals surface area contributed by atoms with E-state index in [1.807, 2.05) is 6.92 Å². The highest BCUT2D eigenvalue weighted by molar-refractivity contribution is 5.84. The quantitative estimate of drug-likeness (QED) is 0.624. The molecule has 2 heteroatoms. The zero-order valence-electron chi connectivity index (χ0n) is 9.39. The Morgan fingerprint density at radius 1 is 1.50 bits per heavy atom. The molecule has 14 heavy (non-hydrogen) atoms. The molecule has 0 saturated carbocycles. The van der Waals surface area contributed by atoms with E-state index in [1.165, 1.54) is 11.3 Å². The van der Waals surface area contributed by atoms with Crippen molar-refractivity contribution in [1.82, 2.24) is 5.32 Å². The van der Waals surface area contributed by atoms with E-state index in [1.54, 1.807) is 0 Å². The number of fused-ring (bicyclic) bond motifs is 1. The van der Waals surface area contributed by atoms with Crippen LogP contribution in [0.2, 0.25) is 0 Å². The molecule has 0 aromatic carbocycles. The zero-order chi connectivity index (χ0) is 10.3. The highest BCUT2D eigenvalue weighted by atomic mass is 15.1. The van der Waals surface area contributed by atoms with Gasteiger partial charge in [0.15, 0.2) is 0 Å². The van der Waals surface area contributed by atoms with Crippen molar-refractivity contribution in [3.8, 4) is 0 Å². The summed E-state index contributed by atoms with van der Waals surface area (Å²) >= 11 is 0. The van der Waals surface area contributed by atoms with Crippen LogP contribution in [0.15, 0.2) is 28.4 Å². The third-order valence-corrected chi connectivity index (χ3v) is 2.87. The monoisotopic (exact) mass is 190 g/mol. The van der Waals surface area contributed by atoms with Crippen molar-refractivity contribution in [2.45, 2.75) is 39.7 Å². The molecule has 0 bridgehead atoms. The molecule has 0 aromatic heterocycles. The second kappa shape index (κ2) is 2.97. The van der Waals surface area contributed by atoms with E-state index >= 15 is 0 Å². The summed E-state index contributed by atoms with van der Waals surface area (Å²) in [6.45, 7) is 8.68. The molecule has 0 fully saturated rings. The van der Waals surface area contributed by atoms with E-state index in [0.717, 1.165) is 12.3 Å². The summed E-state index contributed by atoms with van der Waals surface area (Å²) in [6, 6.07) is 0. The highest BCUT2D eigenvalue weighted by Crippen LogP contribution is 2.33. The van der Waals surface area contributed by atoms with E-state index in [2.05, 4.69) is 43.2 Å². The Balaban J connectivity index is 2.46. The minimum atomic E-state index is 0.0395. The van der Waals surface area contributed by atoms with Crippen LogP contribution in [0.1, 0.15) is 34.1 Å². The van der Waals surface area contributed by atoms with Crippen molar-refractivity contribution < 1.29 is 0 Å². The van der Waals surface area contributed by atoms with Gasteiger partial charge in [0.05, 0.1) is 17.1 Å². The Bertz CT molecular complexity index is 345. The third-order valence-electron chi connectivity index (χ3n) is 2.87. The van der Waals surface area contributed by atoms with Crippen LogP contribution in [0, 0.1) is 5.92 Å². The summed E-state index contributed by atoms with van der Waals surface area (Å²) < 4.78 is 0. The van der Waals surface area contributed by atoms with E-state index < -0.39 is 0 Å². The molecule has 0 radical (unpaired) electrons. The van der Waals surface area contributed by atoms with Gasteiger partial charge < -0.3 is 5.32 Å². The van der Waals surface area contributed by atoms with Crippen LogP contribution in [-0.4, -0.2) is 11.4 Å². The normalized spacial score (nSPS) is 29.4. The number of hydrogen-bond acceptors (Lipinski definition) is 2. The van der Waals surface area contributed by atoms with Crippen molar-refractivity contribution in [1.29, 1.82) is 0 Å². The van der Waals surface area contributed by atoms with Crippen LogP contribution >= 0.6 is 0 Å². The van der Waals surface area contributed by atoms with Gasteiger partial charge >= 0.3 is 0 Å². The SMILES string of the molecule is CC1=NC2=C[C@H](C)CC=C2C(C)(C)N1. The van der Waals surface area contributed by atoms with Gasteiger partial charge in [0, 0.05) is 0 Å². The largest absolute Gasteiger partial charge is 0.365 e. The first kappa shape index (κ1) is 9.50. The number of nitrogens with one attached hydrogen (secondary N) is 1. The fraction of sp³-hybridized carbons (Fsp3) is 0.583. The summed E-state index contributed by atoms with van der Waals surface area (Å²) in [7, 11) is 0. The molecule has 0 unspecified atom stereocenters. The Morgan fingerprint density at radius 3 is 2.93 bits per heavy atom. The predicted octanol–water partition coefficient (Wildman–Crippen LogP) is 2.64. The van der Waals surface area contributed by atoms with E-state index in [4.69, 9.17) is 0 Å². The van der Waals surface area contributed by atoms with Gasteiger partial charge in [-0.3, -0.25) is 0 Å².